The van der Waals surface area contributed by atoms with Crippen molar-refractivity contribution in [2.75, 3.05) is 52.9 Å². The van der Waals surface area contributed by atoms with E-state index < -0.39 is 18.3 Å². The molecule has 1 aliphatic heterocycles. The van der Waals surface area contributed by atoms with Gasteiger partial charge >= 0.3 is 6.18 Å². The average Bonchev–Trinajstić information content (AvgIpc) is 2.30. The van der Waals surface area contributed by atoms with E-state index in [4.69, 9.17) is 0 Å². The number of halogens is 3. The van der Waals surface area contributed by atoms with Crippen molar-refractivity contribution >= 4 is 0 Å². The lowest BCUT2D eigenvalue weighted by Crippen LogP contribution is -2.57. The Hall–Kier alpha value is -0.370. The first-order valence-corrected chi connectivity index (χ1v) is 6.09. The molecule has 0 spiro atoms. The molecule has 0 amide bonds. The molecule has 1 atom stereocenters. The molecule has 1 fully saturated rings. The van der Waals surface area contributed by atoms with Gasteiger partial charge in [-0.1, -0.05) is 0 Å². The molecular formula is C11H22F3N3O. The van der Waals surface area contributed by atoms with Crippen LogP contribution in [-0.2, 0) is 0 Å². The van der Waals surface area contributed by atoms with Crippen molar-refractivity contribution in [1.29, 1.82) is 0 Å². The molecule has 0 aromatic carbocycles. The van der Waals surface area contributed by atoms with E-state index in [0.717, 1.165) is 0 Å². The monoisotopic (exact) mass is 269 g/mol. The molecule has 0 radical (unpaired) electrons. The maximum absolute atomic E-state index is 12.2. The van der Waals surface area contributed by atoms with Gasteiger partial charge < -0.3 is 10.4 Å². The van der Waals surface area contributed by atoms with E-state index in [9.17, 15) is 18.3 Å². The molecule has 18 heavy (non-hydrogen) atoms. The van der Waals surface area contributed by atoms with Crippen LogP contribution in [0.4, 0.5) is 13.2 Å². The van der Waals surface area contributed by atoms with Crippen LogP contribution in [0.3, 0.4) is 0 Å². The van der Waals surface area contributed by atoms with E-state index in [1.807, 2.05) is 6.92 Å². The molecule has 7 heteroatoms. The van der Waals surface area contributed by atoms with E-state index in [1.54, 1.807) is 7.05 Å². The first-order valence-electron chi connectivity index (χ1n) is 6.09. The maximum atomic E-state index is 12.2. The molecule has 0 aromatic rings. The normalized spacial score (nSPS) is 23.0. The summed E-state index contributed by atoms with van der Waals surface area (Å²) in [7, 11) is 1.77. The summed E-state index contributed by atoms with van der Waals surface area (Å²) in [5.41, 5.74) is -0.397. The van der Waals surface area contributed by atoms with E-state index in [1.165, 1.54) is 4.90 Å². The van der Waals surface area contributed by atoms with Gasteiger partial charge in [-0.3, -0.25) is 9.80 Å². The summed E-state index contributed by atoms with van der Waals surface area (Å²) in [6.07, 6.45) is -4.12. The molecule has 2 N–H and O–H groups in total. The van der Waals surface area contributed by atoms with Crippen molar-refractivity contribution in [3.8, 4) is 0 Å². The number of nitrogens with zero attached hydrogens (tertiary/aromatic N) is 2. The Bertz CT molecular complexity index is 248. The Kier molecular flexibility index (Phi) is 5.39. The zero-order valence-electron chi connectivity index (χ0n) is 10.9. The van der Waals surface area contributed by atoms with Crippen molar-refractivity contribution < 1.29 is 18.3 Å². The third-order valence-electron chi connectivity index (χ3n) is 3.39. The highest BCUT2D eigenvalue weighted by Crippen LogP contribution is 2.18. The standard InChI is InChI=1S/C11H22F3N3O/c1-10(9-18,15-2)7-16-3-5-17(6-4-16)8-11(12,13)14/h15,18H,3-9H2,1-2H3. The molecule has 1 saturated heterocycles. The molecule has 0 bridgehead atoms. The van der Waals surface area contributed by atoms with E-state index in [-0.39, 0.29) is 6.61 Å². The van der Waals surface area contributed by atoms with E-state index >= 15 is 0 Å². The number of aliphatic hydroxyl groups excluding tert-OH is 1. The molecule has 1 heterocycles. The lowest BCUT2D eigenvalue weighted by molar-refractivity contribution is -0.149. The van der Waals surface area contributed by atoms with Gasteiger partial charge in [-0.05, 0) is 14.0 Å². The van der Waals surface area contributed by atoms with Gasteiger partial charge in [-0.15, -0.1) is 0 Å². The number of rotatable bonds is 5. The summed E-state index contributed by atoms with van der Waals surface area (Å²) in [6.45, 7) is 3.77. The second-order valence-electron chi connectivity index (χ2n) is 5.14. The summed E-state index contributed by atoms with van der Waals surface area (Å²) < 4.78 is 36.7. The van der Waals surface area contributed by atoms with Gasteiger partial charge in [0.05, 0.1) is 18.7 Å². The number of alkyl halides is 3. The fraction of sp³-hybridized carbons (Fsp3) is 1.00. The molecular weight excluding hydrogens is 247 g/mol. The maximum Gasteiger partial charge on any atom is 0.401 e. The van der Waals surface area contributed by atoms with Gasteiger partial charge in [0.2, 0.25) is 0 Å². The second kappa shape index (κ2) is 6.18. The predicted molar refractivity (Wildman–Crippen MR) is 63.5 cm³/mol. The minimum absolute atomic E-state index is 0.00622. The largest absolute Gasteiger partial charge is 0.401 e. The Morgan fingerprint density at radius 3 is 1.83 bits per heavy atom. The van der Waals surface area contributed by atoms with Crippen molar-refractivity contribution in [1.82, 2.24) is 15.1 Å². The molecule has 0 aromatic heterocycles. The van der Waals surface area contributed by atoms with Crippen molar-refractivity contribution in [3.63, 3.8) is 0 Å². The lowest BCUT2D eigenvalue weighted by atomic mass is 10.0. The summed E-state index contributed by atoms with van der Waals surface area (Å²) in [6, 6.07) is 0. The second-order valence-corrected chi connectivity index (χ2v) is 5.14. The van der Waals surface area contributed by atoms with Crippen LogP contribution in [0.2, 0.25) is 0 Å². The Morgan fingerprint density at radius 2 is 1.50 bits per heavy atom. The number of likely N-dealkylation sites (N-methyl/N-ethyl adjacent to an activating group) is 1. The van der Waals surface area contributed by atoms with Gasteiger partial charge in [0.25, 0.3) is 0 Å². The molecule has 4 nitrogen and oxygen atoms in total. The zero-order chi connectivity index (χ0) is 13.8. The van der Waals surface area contributed by atoms with E-state index in [0.29, 0.717) is 32.7 Å². The topological polar surface area (TPSA) is 38.7 Å². The first kappa shape index (κ1) is 15.7. The summed E-state index contributed by atoms with van der Waals surface area (Å²) in [5, 5.41) is 12.3. The highest BCUT2D eigenvalue weighted by Gasteiger charge is 2.33. The van der Waals surface area contributed by atoms with Crippen LogP contribution in [0.1, 0.15) is 6.92 Å². The zero-order valence-corrected chi connectivity index (χ0v) is 10.9. The Balaban J connectivity index is 2.35. The predicted octanol–water partition coefficient (Wildman–Crippen LogP) is 0.137. The van der Waals surface area contributed by atoms with Crippen LogP contribution >= 0.6 is 0 Å². The van der Waals surface area contributed by atoms with Crippen LogP contribution in [0.5, 0.6) is 0 Å². The highest BCUT2D eigenvalue weighted by molar-refractivity contribution is 4.86. The summed E-state index contributed by atoms with van der Waals surface area (Å²) in [5.74, 6) is 0. The fourth-order valence-corrected chi connectivity index (χ4v) is 2.06. The van der Waals surface area contributed by atoms with Crippen molar-refractivity contribution in [3.05, 3.63) is 0 Å². The molecule has 1 unspecified atom stereocenters. The first-order chi connectivity index (χ1) is 8.28. The highest BCUT2D eigenvalue weighted by atomic mass is 19.4. The Morgan fingerprint density at radius 1 is 1.06 bits per heavy atom. The summed E-state index contributed by atoms with van der Waals surface area (Å²) >= 11 is 0. The summed E-state index contributed by atoms with van der Waals surface area (Å²) in [4.78, 5) is 3.51. The SMILES string of the molecule is CNC(C)(CO)CN1CCN(CC(F)(F)F)CC1. The number of piperazine rings is 1. The number of nitrogens with one attached hydrogen (secondary N) is 1. The van der Waals surface area contributed by atoms with Crippen molar-refractivity contribution in [2.45, 2.75) is 18.6 Å². The smallest absolute Gasteiger partial charge is 0.394 e. The quantitative estimate of drug-likeness (QED) is 0.744. The molecule has 108 valence electrons. The van der Waals surface area contributed by atoms with Gasteiger partial charge in [0.1, 0.15) is 0 Å². The van der Waals surface area contributed by atoms with Crippen molar-refractivity contribution in [2.24, 2.45) is 0 Å². The third kappa shape index (κ3) is 5.09. The average molecular weight is 269 g/mol. The number of hydrogen-bond donors (Lipinski definition) is 2. The number of hydrogen-bond acceptors (Lipinski definition) is 4. The van der Waals surface area contributed by atoms with Gasteiger partial charge in [0, 0.05) is 32.7 Å². The minimum Gasteiger partial charge on any atom is -0.394 e. The van der Waals surface area contributed by atoms with E-state index in [2.05, 4.69) is 10.2 Å². The van der Waals surface area contributed by atoms with Crippen LogP contribution in [-0.4, -0.2) is 79.5 Å². The molecule has 0 aliphatic carbocycles. The molecule has 1 aliphatic rings. The minimum atomic E-state index is -4.12. The molecule has 0 saturated carbocycles. The van der Waals surface area contributed by atoms with Crippen LogP contribution in [0.25, 0.3) is 0 Å². The van der Waals surface area contributed by atoms with Crippen LogP contribution in [0, 0.1) is 0 Å². The van der Waals surface area contributed by atoms with Gasteiger partial charge in [0.15, 0.2) is 0 Å². The van der Waals surface area contributed by atoms with Crippen LogP contribution in [0.15, 0.2) is 0 Å². The Labute approximate surface area is 106 Å². The van der Waals surface area contributed by atoms with Gasteiger partial charge in [-0.25, -0.2) is 0 Å². The lowest BCUT2D eigenvalue weighted by Gasteiger charge is -2.39. The van der Waals surface area contributed by atoms with Crippen LogP contribution < -0.4 is 5.32 Å². The fourth-order valence-electron chi connectivity index (χ4n) is 2.06. The molecule has 1 rings (SSSR count). The van der Waals surface area contributed by atoms with Gasteiger partial charge in [-0.2, -0.15) is 13.2 Å². The third-order valence-corrected chi connectivity index (χ3v) is 3.39. The number of aliphatic hydroxyl groups is 1.